The molecule has 5 rings (SSSR count). The third kappa shape index (κ3) is 3.03. The normalized spacial score (nSPS) is 15.1. The SMILES string of the molecule is C=CCNC(=O)Nc1ccc(-c2c(N)c3cc4c(cc3n2C2CCC2)OCO4)cc1. The lowest BCUT2D eigenvalue weighted by atomic mass is 9.92. The molecule has 1 aromatic heterocycles. The molecule has 0 bridgehead atoms. The minimum Gasteiger partial charge on any atom is -0.454 e. The minimum atomic E-state index is -0.264. The van der Waals surface area contributed by atoms with Crippen LogP contribution in [0.25, 0.3) is 22.2 Å². The van der Waals surface area contributed by atoms with Gasteiger partial charge < -0.3 is 30.4 Å². The van der Waals surface area contributed by atoms with Crippen LogP contribution in [-0.2, 0) is 0 Å². The van der Waals surface area contributed by atoms with E-state index in [1.165, 1.54) is 6.42 Å². The average molecular weight is 404 g/mol. The maximum absolute atomic E-state index is 11.9. The van der Waals surface area contributed by atoms with Crippen molar-refractivity contribution in [2.75, 3.05) is 24.4 Å². The molecule has 154 valence electrons. The summed E-state index contributed by atoms with van der Waals surface area (Å²) in [6, 6.07) is 11.9. The number of urea groups is 1. The molecule has 0 atom stereocenters. The molecule has 2 amide bonds. The van der Waals surface area contributed by atoms with Gasteiger partial charge in [-0.1, -0.05) is 18.2 Å². The van der Waals surface area contributed by atoms with Crippen LogP contribution in [0.1, 0.15) is 25.3 Å². The van der Waals surface area contributed by atoms with E-state index in [0.29, 0.717) is 18.3 Å². The van der Waals surface area contributed by atoms with Gasteiger partial charge >= 0.3 is 6.03 Å². The summed E-state index contributed by atoms with van der Waals surface area (Å²) in [5, 5.41) is 6.50. The first-order chi connectivity index (χ1) is 14.7. The Morgan fingerprint density at radius 3 is 2.60 bits per heavy atom. The number of fused-ring (bicyclic) bond motifs is 2. The van der Waals surface area contributed by atoms with Crippen molar-refractivity contribution in [3.8, 4) is 22.8 Å². The molecule has 4 N–H and O–H groups in total. The molecule has 30 heavy (non-hydrogen) atoms. The van der Waals surface area contributed by atoms with Gasteiger partial charge in [0.2, 0.25) is 6.79 Å². The molecule has 2 heterocycles. The highest BCUT2D eigenvalue weighted by Gasteiger charge is 2.28. The van der Waals surface area contributed by atoms with Crippen LogP contribution in [0.4, 0.5) is 16.2 Å². The van der Waals surface area contributed by atoms with Gasteiger partial charge in [-0.15, -0.1) is 6.58 Å². The van der Waals surface area contributed by atoms with Crippen molar-refractivity contribution in [3.05, 3.63) is 49.1 Å². The van der Waals surface area contributed by atoms with Crippen molar-refractivity contribution >= 4 is 28.3 Å². The van der Waals surface area contributed by atoms with E-state index in [9.17, 15) is 4.79 Å². The summed E-state index contributed by atoms with van der Waals surface area (Å²) in [5.41, 5.74) is 11.2. The van der Waals surface area contributed by atoms with Crippen molar-refractivity contribution in [1.29, 1.82) is 0 Å². The fourth-order valence-corrected chi connectivity index (χ4v) is 4.09. The Morgan fingerprint density at radius 1 is 1.20 bits per heavy atom. The first-order valence-corrected chi connectivity index (χ1v) is 10.1. The van der Waals surface area contributed by atoms with Gasteiger partial charge in [0, 0.05) is 35.3 Å². The molecule has 0 unspecified atom stereocenters. The number of benzene rings is 2. The van der Waals surface area contributed by atoms with Crippen molar-refractivity contribution in [1.82, 2.24) is 9.88 Å². The van der Waals surface area contributed by atoms with E-state index in [2.05, 4.69) is 21.8 Å². The van der Waals surface area contributed by atoms with E-state index >= 15 is 0 Å². The summed E-state index contributed by atoms with van der Waals surface area (Å²) in [7, 11) is 0. The minimum absolute atomic E-state index is 0.243. The van der Waals surface area contributed by atoms with E-state index in [0.717, 1.165) is 52.2 Å². The Hall–Kier alpha value is -3.61. The third-order valence-corrected chi connectivity index (χ3v) is 5.80. The largest absolute Gasteiger partial charge is 0.454 e. The molecular formula is C23H24N4O3. The highest BCUT2D eigenvalue weighted by atomic mass is 16.7. The number of anilines is 2. The van der Waals surface area contributed by atoms with Gasteiger partial charge in [-0.3, -0.25) is 0 Å². The third-order valence-electron chi connectivity index (χ3n) is 5.80. The van der Waals surface area contributed by atoms with Gasteiger partial charge in [-0.25, -0.2) is 4.79 Å². The molecule has 1 aliphatic heterocycles. The maximum Gasteiger partial charge on any atom is 0.319 e. The van der Waals surface area contributed by atoms with Crippen LogP contribution in [0.5, 0.6) is 11.5 Å². The van der Waals surface area contributed by atoms with Gasteiger partial charge in [0.25, 0.3) is 0 Å². The number of carbonyl (C=O) groups excluding carboxylic acids is 1. The number of nitrogen functional groups attached to an aromatic ring is 1. The Balaban J connectivity index is 1.54. The Morgan fingerprint density at radius 2 is 1.93 bits per heavy atom. The summed E-state index contributed by atoms with van der Waals surface area (Å²) >= 11 is 0. The monoisotopic (exact) mass is 404 g/mol. The standard InChI is InChI=1S/C23H24N4O3/c1-2-10-25-23(28)26-15-8-6-14(7-9-15)22-21(24)17-11-19-20(30-13-29-19)12-18(17)27(22)16-4-3-5-16/h2,6-9,11-12,16H,1,3-5,10,13,24H2,(H2,25,26,28). The first kappa shape index (κ1) is 18.4. The van der Waals surface area contributed by atoms with Crippen molar-refractivity contribution in [2.45, 2.75) is 25.3 Å². The van der Waals surface area contributed by atoms with E-state index in [-0.39, 0.29) is 12.8 Å². The summed E-state index contributed by atoms with van der Waals surface area (Å²) < 4.78 is 13.5. The lowest BCUT2D eigenvalue weighted by molar-refractivity contribution is 0.174. The molecule has 7 heteroatoms. The average Bonchev–Trinajstić information content (AvgIpc) is 3.27. The number of aromatic nitrogens is 1. The van der Waals surface area contributed by atoms with Gasteiger partial charge in [-0.2, -0.15) is 0 Å². The first-order valence-electron chi connectivity index (χ1n) is 10.1. The highest BCUT2D eigenvalue weighted by Crippen LogP contribution is 2.47. The second kappa shape index (κ2) is 7.33. The molecule has 0 spiro atoms. The fraction of sp³-hybridized carbons (Fsp3) is 0.261. The van der Waals surface area contributed by atoms with E-state index in [1.807, 2.05) is 36.4 Å². The number of hydrogen-bond donors (Lipinski definition) is 3. The Kier molecular flexibility index (Phi) is 4.50. The lowest BCUT2D eigenvalue weighted by Crippen LogP contribution is -2.28. The zero-order valence-electron chi connectivity index (χ0n) is 16.6. The summed E-state index contributed by atoms with van der Waals surface area (Å²) in [5.74, 6) is 1.49. The van der Waals surface area contributed by atoms with Crippen LogP contribution in [0.15, 0.2) is 49.1 Å². The van der Waals surface area contributed by atoms with Gasteiger partial charge in [-0.05, 0) is 37.5 Å². The Labute approximate surface area is 174 Å². The summed E-state index contributed by atoms with van der Waals surface area (Å²) in [6.45, 7) is 4.25. The molecule has 1 fully saturated rings. The zero-order chi connectivity index (χ0) is 20.7. The number of rotatable bonds is 5. The number of nitrogens with zero attached hydrogens (tertiary/aromatic N) is 1. The fourth-order valence-electron chi connectivity index (χ4n) is 4.09. The number of amides is 2. The van der Waals surface area contributed by atoms with E-state index in [1.54, 1.807) is 6.08 Å². The summed E-state index contributed by atoms with van der Waals surface area (Å²) in [6.07, 6.45) is 5.12. The zero-order valence-corrected chi connectivity index (χ0v) is 16.6. The second-order valence-corrected chi connectivity index (χ2v) is 7.64. The number of carbonyl (C=O) groups is 1. The van der Waals surface area contributed by atoms with Crippen LogP contribution < -0.4 is 25.8 Å². The van der Waals surface area contributed by atoms with Gasteiger partial charge in [0.15, 0.2) is 11.5 Å². The van der Waals surface area contributed by atoms with Gasteiger partial charge in [0.05, 0.1) is 16.9 Å². The number of ether oxygens (including phenoxy) is 2. The molecule has 7 nitrogen and oxygen atoms in total. The number of nitrogens with two attached hydrogens (primary N) is 1. The van der Waals surface area contributed by atoms with Crippen LogP contribution in [0, 0.1) is 0 Å². The predicted octanol–water partition coefficient (Wildman–Crippen LogP) is 4.65. The van der Waals surface area contributed by atoms with Crippen LogP contribution in [0.3, 0.4) is 0 Å². The predicted molar refractivity (Wildman–Crippen MR) is 118 cm³/mol. The molecule has 2 aromatic carbocycles. The van der Waals surface area contributed by atoms with E-state index < -0.39 is 0 Å². The maximum atomic E-state index is 11.9. The molecule has 2 aliphatic rings. The lowest BCUT2D eigenvalue weighted by Gasteiger charge is -2.30. The smallest absolute Gasteiger partial charge is 0.319 e. The molecule has 1 aliphatic carbocycles. The van der Waals surface area contributed by atoms with Crippen molar-refractivity contribution in [3.63, 3.8) is 0 Å². The topological polar surface area (TPSA) is 90.5 Å². The highest BCUT2D eigenvalue weighted by molar-refractivity contribution is 6.03. The number of nitrogens with one attached hydrogen (secondary N) is 2. The van der Waals surface area contributed by atoms with Crippen LogP contribution >= 0.6 is 0 Å². The van der Waals surface area contributed by atoms with E-state index in [4.69, 9.17) is 15.2 Å². The van der Waals surface area contributed by atoms with Crippen molar-refractivity contribution in [2.24, 2.45) is 0 Å². The Bertz CT molecular complexity index is 1130. The quantitative estimate of drug-likeness (QED) is 0.540. The molecule has 0 saturated heterocycles. The molecular weight excluding hydrogens is 380 g/mol. The second-order valence-electron chi connectivity index (χ2n) is 7.64. The summed E-state index contributed by atoms with van der Waals surface area (Å²) in [4.78, 5) is 11.9. The molecule has 0 radical (unpaired) electrons. The van der Waals surface area contributed by atoms with Crippen molar-refractivity contribution < 1.29 is 14.3 Å². The molecule has 3 aromatic rings. The van der Waals surface area contributed by atoms with Gasteiger partial charge in [0.1, 0.15) is 0 Å². The van der Waals surface area contributed by atoms with Crippen LogP contribution in [0.2, 0.25) is 0 Å². The van der Waals surface area contributed by atoms with Crippen LogP contribution in [-0.4, -0.2) is 23.9 Å². The molecule has 1 saturated carbocycles. The number of hydrogen-bond acceptors (Lipinski definition) is 4.